The normalized spacial score (nSPS) is 17.2. The van der Waals surface area contributed by atoms with Gasteiger partial charge < -0.3 is 10.5 Å². The molecule has 0 unspecified atom stereocenters. The van der Waals surface area contributed by atoms with Gasteiger partial charge in [-0.3, -0.25) is 0 Å². The standard InChI is InChI=1S/C15H23NO/c16-15-8-6-13(7-9-15)10-11-17-12-14-4-2-1-3-5-14/h6-9,14H,1-5,10-12,16H2. The van der Waals surface area contributed by atoms with Crippen molar-refractivity contribution < 1.29 is 4.74 Å². The number of hydrogen-bond donors (Lipinski definition) is 1. The molecule has 0 amide bonds. The summed E-state index contributed by atoms with van der Waals surface area (Å²) in [5, 5.41) is 0. The van der Waals surface area contributed by atoms with Gasteiger partial charge in [-0.15, -0.1) is 0 Å². The van der Waals surface area contributed by atoms with Gasteiger partial charge in [0, 0.05) is 12.3 Å². The Kier molecular flexibility index (Phi) is 4.87. The summed E-state index contributed by atoms with van der Waals surface area (Å²) in [6, 6.07) is 8.07. The molecule has 17 heavy (non-hydrogen) atoms. The monoisotopic (exact) mass is 233 g/mol. The van der Waals surface area contributed by atoms with Crippen molar-refractivity contribution >= 4 is 5.69 Å². The van der Waals surface area contributed by atoms with Crippen molar-refractivity contribution in [1.29, 1.82) is 0 Å². The van der Waals surface area contributed by atoms with Gasteiger partial charge in [-0.1, -0.05) is 31.4 Å². The molecule has 1 aliphatic carbocycles. The predicted octanol–water partition coefficient (Wildman–Crippen LogP) is 3.41. The van der Waals surface area contributed by atoms with Gasteiger partial charge in [0.25, 0.3) is 0 Å². The van der Waals surface area contributed by atoms with Crippen LogP contribution in [0.1, 0.15) is 37.7 Å². The number of nitrogens with two attached hydrogens (primary N) is 1. The zero-order valence-electron chi connectivity index (χ0n) is 10.5. The maximum Gasteiger partial charge on any atom is 0.0506 e. The molecule has 1 aliphatic rings. The lowest BCUT2D eigenvalue weighted by molar-refractivity contribution is 0.0874. The lowest BCUT2D eigenvalue weighted by Crippen LogP contribution is -2.14. The molecule has 2 N–H and O–H groups in total. The molecule has 1 aromatic carbocycles. The second-order valence-electron chi connectivity index (χ2n) is 5.07. The van der Waals surface area contributed by atoms with Gasteiger partial charge in [0.2, 0.25) is 0 Å². The molecule has 2 rings (SSSR count). The average Bonchev–Trinajstić information content (AvgIpc) is 2.38. The molecule has 0 heterocycles. The minimum atomic E-state index is 0.815. The minimum absolute atomic E-state index is 0.815. The predicted molar refractivity (Wildman–Crippen MR) is 72.0 cm³/mol. The number of rotatable bonds is 5. The number of anilines is 1. The zero-order valence-corrected chi connectivity index (χ0v) is 10.5. The maximum atomic E-state index is 5.78. The van der Waals surface area contributed by atoms with Gasteiger partial charge in [0.15, 0.2) is 0 Å². The summed E-state index contributed by atoms with van der Waals surface area (Å²) in [4.78, 5) is 0. The van der Waals surface area contributed by atoms with Crippen molar-refractivity contribution in [3.8, 4) is 0 Å². The van der Waals surface area contributed by atoms with Crippen LogP contribution in [0.3, 0.4) is 0 Å². The Labute approximate surface area is 104 Å². The molecular weight excluding hydrogens is 210 g/mol. The molecular formula is C15H23NO. The van der Waals surface area contributed by atoms with E-state index in [1.165, 1.54) is 37.7 Å². The topological polar surface area (TPSA) is 35.2 Å². The zero-order chi connectivity index (χ0) is 11.9. The Balaban J connectivity index is 1.60. The Bertz CT molecular complexity index is 314. The van der Waals surface area contributed by atoms with Crippen molar-refractivity contribution in [1.82, 2.24) is 0 Å². The smallest absolute Gasteiger partial charge is 0.0506 e. The molecule has 1 aromatic rings. The molecule has 0 atom stereocenters. The second kappa shape index (κ2) is 6.65. The second-order valence-corrected chi connectivity index (χ2v) is 5.07. The van der Waals surface area contributed by atoms with Crippen LogP contribution in [-0.4, -0.2) is 13.2 Å². The highest BCUT2D eigenvalue weighted by Crippen LogP contribution is 2.23. The van der Waals surface area contributed by atoms with Crippen molar-refractivity contribution in [3.05, 3.63) is 29.8 Å². The number of benzene rings is 1. The Morgan fingerprint density at radius 2 is 1.76 bits per heavy atom. The molecule has 2 nitrogen and oxygen atoms in total. The molecule has 1 saturated carbocycles. The largest absolute Gasteiger partial charge is 0.399 e. The van der Waals surface area contributed by atoms with Crippen LogP contribution in [0, 0.1) is 5.92 Å². The van der Waals surface area contributed by atoms with Crippen LogP contribution in [0.25, 0.3) is 0 Å². The molecule has 0 radical (unpaired) electrons. The third kappa shape index (κ3) is 4.39. The van der Waals surface area contributed by atoms with Gasteiger partial charge >= 0.3 is 0 Å². The van der Waals surface area contributed by atoms with Crippen molar-refractivity contribution in [2.45, 2.75) is 38.5 Å². The third-order valence-corrected chi connectivity index (χ3v) is 3.59. The van der Waals surface area contributed by atoms with Crippen LogP contribution in [-0.2, 0) is 11.2 Å². The highest BCUT2D eigenvalue weighted by molar-refractivity contribution is 5.39. The average molecular weight is 233 g/mol. The van der Waals surface area contributed by atoms with Gasteiger partial charge in [-0.25, -0.2) is 0 Å². The van der Waals surface area contributed by atoms with Crippen molar-refractivity contribution in [3.63, 3.8) is 0 Å². The highest BCUT2D eigenvalue weighted by Gasteiger charge is 2.12. The lowest BCUT2D eigenvalue weighted by Gasteiger charge is -2.21. The first kappa shape index (κ1) is 12.4. The van der Waals surface area contributed by atoms with Crippen LogP contribution in [0.2, 0.25) is 0 Å². The van der Waals surface area contributed by atoms with Crippen molar-refractivity contribution in [2.75, 3.05) is 18.9 Å². The minimum Gasteiger partial charge on any atom is -0.399 e. The van der Waals surface area contributed by atoms with Crippen LogP contribution in [0.5, 0.6) is 0 Å². The summed E-state index contributed by atoms with van der Waals surface area (Å²) in [7, 11) is 0. The van der Waals surface area contributed by atoms with Crippen LogP contribution in [0.15, 0.2) is 24.3 Å². The maximum absolute atomic E-state index is 5.78. The Morgan fingerprint density at radius 3 is 2.47 bits per heavy atom. The molecule has 1 fully saturated rings. The first-order valence-corrected chi connectivity index (χ1v) is 6.77. The molecule has 0 aromatic heterocycles. The van der Waals surface area contributed by atoms with Crippen LogP contribution in [0.4, 0.5) is 5.69 Å². The first-order valence-electron chi connectivity index (χ1n) is 6.77. The highest BCUT2D eigenvalue weighted by atomic mass is 16.5. The SMILES string of the molecule is Nc1ccc(CCOCC2CCCCC2)cc1. The van der Waals surface area contributed by atoms with Crippen LogP contribution >= 0.6 is 0 Å². The number of hydrogen-bond acceptors (Lipinski definition) is 2. The summed E-state index contributed by atoms with van der Waals surface area (Å²) in [5.41, 5.74) is 7.79. The van der Waals surface area contributed by atoms with E-state index in [2.05, 4.69) is 12.1 Å². The molecule has 0 spiro atoms. The van der Waals surface area contributed by atoms with E-state index in [0.717, 1.165) is 31.2 Å². The first-order chi connectivity index (χ1) is 8.34. The third-order valence-electron chi connectivity index (χ3n) is 3.59. The Morgan fingerprint density at radius 1 is 1.06 bits per heavy atom. The molecule has 0 aliphatic heterocycles. The summed E-state index contributed by atoms with van der Waals surface area (Å²) < 4.78 is 5.78. The van der Waals surface area contributed by atoms with E-state index in [-0.39, 0.29) is 0 Å². The molecule has 94 valence electrons. The fraction of sp³-hybridized carbons (Fsp3) is 0.600. The Hall–Kier alpha value is -1.02. The van der Waals surface area contributed by atoms with E-state index in [0.29, 0.717) is 0 Å². The van der Waals surface area contributed by atoms with Crippen LogP contribution < -0.4 is 5.73 Å². The quantitative estimate of drug-likeness (QED) is 0.625. The van der Waals surface area contributed by atoms with Gasteiger partial charge in [0.1, 0.15) is 0 Å². The number of nitrogen functional groups attached to an aromatic ring is 1. The molecule has 0 bridgehead atoms. The summed E-state index contributed by atoms with van der Waals surface area (Å²) >= 11 is 0. The van der Waals surface area contributed by atoms with E-state index in [4.69, 9.17) is 10.5 Å². The fourth-order valence-electron chi connectivity index (χ4n) is 2.48. The summed E-state index contributed by atoms with van der Waals surface area (Å²) in [6.07, 6.45) is 7.93. The van der Waals surface area contributed by atoms with E-state index < -0.39 is 0 Å². The van der Waals surface area contributed by atoms with E-state index in [1.807, 2.05) is 12.1 Å². The summed E-state index contributed by atoms with van der Waals surface area (Å²) in [6.45, 7) is 1.79. The molecule has 2 heteroatoms. The van der Waals surface area contributed by atoms with E-state index >= 15 is 0 Å². The van der Waals surface area contributed by atoms with Gasteiger partial charge in [0.05, 0.1) is 6.61 Å². The molecule has 0 saturated heterocycles. The van der Waals surface area contributed by atoms with Gasteiger partial charge in [-0.05, 0) is 42.9 Å². The summed E-state index contributed by atoms with van der Waals surface area (Å²) in [5.74, 6) is 0.815. The lowest BCUT2D eigenvalue weighted by atomic mass is 9.90. The van der Waals surface area contributed by atoms with E-state index in [1.54, 1.807) is 0 Å². The van der Waals surface area contributed by atoms with Gasteiger partial charge in [-0.2, -0.15) is 0 Å². The fourth-order valence-corrected chi connectivity index (χ4v) is 2.48. The van der Waals surface area contributed by atoms with E-state index in [9.17, 15) is 0 Å². The number of ether oxygens (including phenoxy) is 1. The van der Waals surface area contributed by atoms with Crippen molar-refractivity contribution in [2.24, 2.45) is 5.92 Å².